The standard InChI is InChI=1S/C20H14F3N3O/c21-20(22,23)16-7-4-8-17(11-16)26-18(27)10-9-14-12-24-19(25-13-14)15-5-2-1-3-6-15/h1-13H,(H,26,27)/b10-9+. The van der Waals surface area contributed by atoms with Crippen LogP contribution in [0.2, 0.25) is 0 Å². The van der Waals surface area contributed by atoms with Gasteiger partial charge >= 0.3 is 6.18 Å². The van der Waals surface area contributed by atoms with Crippen LogP contribution in [-0.2, 0) is 11.0 Å². The van der Waals surface area contributed by atoms with E-state index in [-0.39, 0.29) is 5.69 Å². The number of benzene rings is 2. The maximum absolute atomic E-state index is 12.7. The number of hydrogen-bond donors (Lipinski definition) is 1. The van der Waals surface area contributed by atoms with E-state index in [1.165, 1.54) is 24.3 Å². The number of amides is 1. The minimum atomic E-state index is -4.46. The molecule has 1 amide bonds. The van der Waals surface area contributed by atoms with Crippen LogP contribution in [0.25, 0.3) is 17.5 Å². The first-order valence-electron chi connectivity index (χ1n) is 7.95. The van der Waals surface area contributed by atoms with E-state index in [2.05, 4.69) is 15.3 Å². The second kappa shape index (κ2) is 7.82. The van der Waals surface area contributed by atoms with E-state index in [1.54, 1.807) is 12.4 Å². The van der Waals surface area contributed by atoms with Crippen LogP contribution in [0.1, 0.15) is 11.1 Å². The van der Waals surface area contributed by atoms with Gasteiger partial charge in [-0.2, -0.15) is 13.2 Å². The van der Waals surface area contributed by atoms with Gasteiger partial charge in [0.1, 0.15) is 0 Å². The number of halogens is 3. The van der Waals surface area contributed by atoms with Gasteiger partial charge in [-0.15, -0.1) is 0 Å². The van der Waals surface area contributed by atoms with Crippen molar-refractivity contribution in [2.75, 3.05) is 5.32 Å². The minimum Gasteiger partial charge on any atom is -0.322 e. The van der Waals surface area contributed by atoms with Crippen LogP contribution in [0, 0.1) is 0 Å². The van der Waals surface area contributed by atoms with E-state index in [4.69, 9.17) is 0 Å². The minimum absolute atomic E-state index is 0.0650. The lowest BCUT2D eigenvalue weighted by Gasteiger charge is -2.08. The summed E-state index contributed by atoms with van der Waals surface area (Å²) in [6.45, 7) is 0. The van der Waals surface area contributed by atoms with E-state index in [0.29, 0.717) is 11.4 Å². The molecular formula is C20H14F3N3O. The topological polar surface area (TPSA) is 54.9 Å². The third kappa shape index (κ3) is 5.01. The number of rotatable bonds is 4. The van der Waals surface area contributed by atoms with Gasteiger partial charge in [0.15, 0.2) is 5.82 Å². The lowest BCUT2D eigenvalue weighted by molar-refractivity contribution is -0.137. The predicted octanol–water partition coefficient (Wildman–Crippen LogP) is 4.81. The fraction of sp³-hybridized carbons (Fsp3) is 0.0500. The number of carbonyl (C=O) groups is 1. The monoisotopic (exact) mass is 369 g/mol. The first-order valence-corrected chi connectivity index (χ1v) is 7.95. The highest BCUT2D eigenvalue weighted by Gasteiger charge is 2.30. The summed E-state index contributed by atoms with van der Waals surface area (Å²) >= 11 is 0. The average molecular weight is 369 g/mol. The van der Waals surface area contributed by atoms with Crippen molar-refractivity contribution in [3.8, 4) is 11.4 Å². The number of nitrogens with zero attached hydrogens (tertiary/aromatic N) is 2. The Balaban J connectivity index is 1.65. The van der Waals surface area contributed by atoms with Gasteiger partial charge in [-0.05, 0) is 24.3 Å². The molecule has 0 atom stereocenters. The van der Waals surface area contributed by atoms with Gasteiger partial charge < -0.3 is 5.32 Å². The van der Waals surface area contributed by atoms with Crippen LogP contribution >= 0.6 is 0 Å². The van der Waals surface area contributed by atoms with E-state index in [9.17, 15) is 18.0 Å². The third-order valence-electron chi connectivity index (χ3n) is 3.59. The quantitative estimate of drug-likeness (QED) is 0.671. The van der Waals surface area contributed by atoms with Gasteiger partial charge in [0, 0.05) is 35.3 Å². The van der Waals surface area contributed by atoms with Gasteiger partial charge in [0.25, 0.3) is 0 Å². The van der Waals surface area contributed by atoms with E-state index < -0.39 is 17.6 Å². The Hall–Kier alpha value is -3.48. The first-order chi connectivity index (χ1) is 12.9. The SMILES string of the molecule is O=C(/C=C/c1cnc(-c2ccccc2)nc1)Nc1cccc(C(F)(F)F)c1. The fourth-order valence-electron chi connectivity index (χ4n) is 2.29. The summed E-state index contributed by atoms with van der Waals surface area (Å²) in [4.78, 5) is 20.4. The summed E-state index contributed by atoms with van der Waals surface area (Å²) in [6.07, 6.45) is 1.35. The molecular weight excluding hydrogens is 355 g/mol. The molecule has 1 N–H and O–H groups in total. The molecule has 0 unspecified atom stereocenters. The number of hydrogen-bond acceptors (Lipinski definition) is 3. The number of aromatic nitrogens is 2. The summed E-state index contributed by atoms with van der Waals surface area (Å²) in [5.41, 5.74) is 0.702. The molecule has 0 bridgehead atoms. The van der Waals surface area contributed by atoms with Gasteiger partial charge in [0.05, 0.1) is 5.56 Å². The van der Waals surface area contributed by atoms with Crippen molar-refractivity contribution in [3.63, 3.8) is 0 Å². The zero-order valence-corrected chi connectivity index (χ0v) is 13.9. The van der Waals surface area contributed by atoms with Crippen molar-refractivity contribution in [1.29, 1.82) is 0 Å². The maximum atomic E-state index is 12.7. The van der Waals surface area contributed by atoms with Crippen molar-refractivity contribution < 1.29 is 18.0 Å². The van der Waals surface area contributed by atoms with Crippen molar-refractivity contribution in [2.45, 2.75) is 6.18 Å². The molecule has 3 rings (SSSR count). The summed E-state index contributed by atoms with van der Waals surface area (Å²) in [5, 5.41) is 2.40. The van der Waals surface area contributed by atoms with Gasteiger partial charge in [0.2, 0.25) is 5.91 Å². The van der Waals surface area contributed by atoms with Crippen molar-refractivity contribution >= 4 is 17.7 Å². The number of alkyl halides is 3. The summed E-state index contributed by atoms with van der Waals surface area (Å²) < 4.78 is 38.1. The Labute approximate surface area is 153 Å². The molecule has 0 aliphatic carbocycles. The first kappa shape index (κ1) is 18.3. The molecule has 0 aliphatic heterocycles. The molecule has 136 valence electrons. The van der Waals surface area contributed by atoms with Crippen molar-refractivity contribution in [3.05, 3.63) is 84.2 Å². The Morgan fingerprint density at radius 3 is 2.33 bits per heavy atom. The summed E-state index contributed by atoms with van der Waals surface area (Å²) in [7, 11) is 0. The Morgan fingerprint density at radius 1 is 0.963 bits per heavy atom. The normalized spacial score (nSPS) is 11.5. The van der Waals surface area contributed by atoms with Gasteiger partial charge in [-0.1, -0.05) is 36.4 Å². The molecule has 0 saturated heterocycles. The Bertz CT molecular complexity index is 952. The molecule has 0 saturated carbocycles. The second-order valence-electron chi connectivity index (χ2n) is 5.61. The zero-order chi connectivity index (χ0) is 19.3. The highest BCUT2D eigenvalue weighted by atomic mass is 19.4. The molecule has 0 radical (unpaired) electrons. The zero-order valence-electron chi connectivity index (χ0n) is 13.9. The molecule has 0 spiro atoms. The highest BCUT2D eigenvalue weighted by molar-refractivity contribution is 6.01. The van der Waals surface area contributed by atoms with Gasteiger partial charge in [-0.25, -0.2) is 9.97 Å². The molecule has 1 aromatic heterocycles. The third-order valence-corrected chi connectivity index (χ3v) is 3.59. The number of nitrogens with one attached hydrogen (secondary N) is 1. The fourth-order valence-corrected chi connectivity index (χ4v) is 2.29. The molecule has 0 fully saturated rings. The van der Waals surface area contributed by atoms with Crippen LogP contribution in [0.4, 0.5) is 18.9 Å². The average Bonchev–Trinajstić information content (AvgIpc) is 2.67. The summed E-state index contributed by atoms with van der Waals surface area (Å²) in [6, 6.07) is 13.9. The molecule has 4 nitrogen and oxygen atoms in total. The molecule has 2 aromatic carbocycles. The largest absolute Gasteiger partial charge is 0.416 e. The van der Waals surface area contributed by atoms with Crippen LogP contribution in [0.3, 0.4) is 0 Å². The molecule has 3 aromatic rings. The predicted molar refractivity (Wildman–Crippen MR) is 96.6 cm³/mol. The summed E-state index contributed by atoms with van der Waals surface area (Å²) in [5.74, 6) is 0.00243. The number of anilines is 1. The van der Waals surface area contributed by atoms with E-state index >= 15 is 0 Å². The van der Waals surface area contributed by atoms with E-state index in [0.717, 1.165) is 17.7 Å². The Kier molecular flexibility index (Phi) is 5.30. The van der Waals surface area contributed by atoms with Crippen LogP contribution in [-0.4, -0.2) is 15.9 Å². The van der Waals surface area contributed by atoms with Crippen LogP contribution in [0.5, 0.6) is 0 Å². The molecule has 7 heteroatoms. The number of carbonyl (C=O) groups excluding carboxylic acids is 1. The molecule has 0 aliphatic rings. The lowest BCUT2D eigenvalue weighted by atomic mass is 10.2. The Morgan fingerprint density at radius 2 is 1.67 bits per heavy atom. The van der Waals surface area contributed by atoms with Crippen LogP contribution < -0.4 is 5.32 Å². The highest BCUT2D eigenvalue weighted by Crippen LogP contribution is 2.30. The van der Waals surface area contributed by atoms with E-state index in [1.807, 2.05) is 30.3 Å². The molecule has 27 heavy (non-hydrogen) atoms. The van der Waals surface area contributed by atoms with Crippen molar-refractivity contribution in [1.82, 2.24) is 9.97 Å². The maximum Gasteiger partial charge on any atom is 0.416 e. The molecule has 1 heterocycles. The lowest BCUT2D eigenvalue weighted by Crippen LogP contribution is -2.10. The second-order valence-corrected chi connectivity index (χ2v) is 5.61. The van der Waals surface area contributed by atoms with Gasteiger partial charge in [-0.3, -0.25) is 4.79 Å². The smallest absolute Gasteiger partial charge is 0.322 e. The van der Waals surface area contributed by atoms with Crippen LogP contribution in [0.15, 0.2) is 73.1 Å². The van der Waals surface area contributed by atoms with Crippen molar-refractivity contribution in [2.24, 2.45) is 0 Å².